The molecule has 0 saturated heterocycles. The summed E-state index contributed by atoms with van der Waals surface area (Å²) < 4.78 is 6.82. The van der Waals surface area contributed by atoms with Gasteiger partial charge in [0.1, 0.15) is 0 Å². The van der Waals surface area contributed by atoms with Gasteiger partial charge < -0.3 is 20.4 Å². The van der Waals surface area contributed by atoms with Gasteiger partial charge >= 0.3 is 0 Å². The van der Waals surface area contributed by atoms with Crippen LogP contribution in [0.1, 0.15) is 13.8 Å². The van der Waals surface area contributed by atoms with Crippen LogP contribution in [0.3, 0.4) is 0 Å². The minimum absolute atomic E-state index is 0.125. The quantitative estimate of drug-likeness (QED) is 0.848. The van der Waals surface area contributed by atoms with Gasteiger partial charge in [0.05, 0.1) is 0 Å². The van der Waals surface area contributed by atoms with Crippen LogP contribution in [0.5, 0.6) is 5.75 Å². The SMILES string of the molecule is CC(C)(N)Cn1cccc(OCC(=O)Nc2ccccc2)c1=O. The van der Waals surface area contributed by atoms with E-state index in [1.54, 1.807) is 24.4 Å². The molecule has 2 aromatic rings. The highest BCUT2D eigenvalue weighted by molar-refractivity contribution is 5.91. The molecule has 0 bridgehead atoms. The van der Waals surface area contributed by atoms with Crippen LogP contribution in [0.2, 0.25) is 0 Å². The van der Waals surface area contributed by atoms with E-state index < -0.39 is 5.54 Å². The van der Waals surface area contributed by atoms with E-state index in [4.69, 9.17) is 10.5 Å². The number of anilines is 1. The Labute approximate surface area is 134 Å². The van der Waals surface area contributed by atoms with Crippen LogP contribution in [0.15, 0.2) is 53.5 Å². The molecule has 122 valence electrons. The number of hydrogen-bond donors (Lipinski definition) is 2. The van der Waals surface area contributed by atoms with Crippen molar-refractivity contribution in [3.05, 3.63) is 59.0 Å². The topological polar surface area (TPSA) is 86.3 Å². The Morgan fingerprint density at radius 3 is 2.57 bits per heavy atom. The van der Waals surface area contributed by atoms with Crippen molar-refractivity contribution in [2.75, 3.05) is 11.9 Å². The van der Waals surface area contributed by atoms with Gasteiger partial charge in [-0.3, -0.25) is 9.59 Å². The Morgan fingerprint density at radius 2 is 1.91 bits per heavy atom. The van der Waals surface area contributed by atoms with Gasteiger partial charge in [-0.05, 0) is 38.1 Å². The first-order valence-corrected chi connectivity index (χ1v) is 7.31. The first-order chi connectivity index (χ1) is 10.8. The second kappa shape index (κ2) is 7.11. The smallest absolute Gasteiger partial charge is 0.292 e. The Balaban J connectivity index is 1.99. The molecule has 1 aromatic carbocycles. The number of hydrogen-bond acceptors (Lipinski definition) is 4. The average molecular weight is 315 g/mol. The molecule has 0 fully saturated rings. The summed E-state index contributed by atoms with van der Waals surface area (Å²) >= 11 is 0. The van der Waals surface area contributed by atoms with E-state index in [1.807, 2.05) is 32.0 Å². The fourth-order valence-electron chi connectivity index (χ4n) is 2.05. The van der Waals surface area contributed by atoms with Crippen LogP contribution in [-0.4, -0.2) is 22.6 Å². The molecule has 1 aromatic heterocycles. The van der Waals surface area contributed by atoms with Gasteiger partial charge in [0, 0.05) is 24.0 Å². The molecule has 6 heteroatoms. The molecule has 0 radical (unpaired) electrons. The minimum Gasteiger partial charge on any atom is -0.478 e. The number of benzene rings is 1. The number of ether oxygens (including phenoxy) is 1. The summed E-state index contributed by atoms with van der Waals surface area (Å²) in [7, 11) is 0. The van der Waals surface area contributed by atoms with Crippen LogP contribution < -0.4 is 21.3 Å². The zero-order valence-corrected chi connectivity index (χ0v) is 13.3. The highest BCUT2D eigenvalue weighted by atomic mass is 16.5. The van der Waals surface area contributed by atoms with Crippen molar-refractivity contribution in [3.8, 4) is 5.75 Å². The zero-order valence-electron chi connectivity index (χ0n) is 13.3. The number of nitrogens with two attached hydrogens (primary N) is 1. The Hall–Kier alpha value is -2.60. The summed E-state index contributed by atoms with van der Waals surface area (Å²) in [5.41, 5.74) is 5.78. The summed E-state index contributed by atoms with van der Waals surface area (Å²) in [6.45, 7) is 3.79. The summed E-state index contributed by atoms with van der Waals surface area (Å²) in [5, 5.41) is 2.69. The monoisotopic (exact) mass is 315 g/mol. The lowest BCUT2D eigenvalue weighted by Gasteiger charge is -2.20. The normalized spacial score (nSPS) is 11.1. The summed E-state index contributed by atoms with van der Waals surface area (Å²) in [4.78, 5) is 24.1. The molecule has 0 unspecified atom stereocenters. The third-order valence-corrected chi connectivity index (χ3v) is 2.98. The number of aromatic nitrogens is 1. The minimum atomic E-state index is -0.521. The third kappa shape index (κ3) is 5.27. The zero-order chi connectivity index (χ0) is 16.9. The number of amides is 1. The number of para-hydroxylation sites is 1. The van der Waals surface area contributed by atoms with Gasteiger partial charge in [-0.15, -0.1) is 0 Å². The second-order valence-electron chi connectivity index (χ2n) is 6.00. The van der Waals surface area contributed by atoms with Crippen molar-refractivity contribution < 1.29 is 9.53 Å². The molecule has 0 saturated carbocycles. The molecule has 23 heavy (non-hydrogen) atoms. The van der Waals surface area contributed by atoms with E-state index in [1.165, 1.54) is 10.6 Å². The fourth-order valence-corrected chi connectivity index (χ4v) is 2.05. The number of carbonyl (C=O) groups excluding carboxylic acids is 1. The number of nitrogens with zero attached hydrogens (tertiary/aromatic N) is 1. The highest BCUT2D eigenvalue weighted by Gasteiger charge is 2.14. The average Bonchev–Trinajstić information content (AvgIpc) is 2.48. The van der Waals surface area contributed by atoms with Crippen molar-refractivity contribution in [2.24, 2.45) is 5.73 Å². The molecule has 0 spiro atoms. The Morgan fingerprint density at radius 1 is 1.22 bits per heavy atom. The first-order valence-electron chi connectivity index (χ1n) is 7.31. The fraction of sp³-hybridized carbons (Fsp3) is 0.294. The van der Waals surface area contributed by atoms with Crippen LogP contribution in [0, 0.1) is 0 Å². The van der Waals surface area contributed by atoms with Gasteiger partial charge in [0.25, 0.3) is 11.5 Å². The van der Waals surface area contributed by atoms with Gasteiger partial charge in [-0.2, -0.15) is 0 Å². The lowest BCUT2D eigenvalue weighted by atomic mass is 10.1. The predicted molar refractivity (Wildman–Crippen MR) is 89.5 cm³/mol. The van der Waals surface area contributed by atoms with E-state index in [9.17, 15) is 9.59 Å². The standard InChI is InChI=1S/C17H21N3O3/c1-17(2,18)12-20-10-6-9-14(16(20)22)23-11-15(21)19-13-7-4-3-5-8-13/h3-10H,11-12,18H2,1-2H3,(H,19,21). The maximum absolute atomic E-state index is 12.3. The van der Waals surface area contributed by atoms with E-state index >= 15 is 0 Å². The van der Waals surface area contributed by atoms with Crippen molar-refractivity contribution in [1.82, 2.24) is 4.57 Å². The molecule has 0 aliphatic heterocycles. The van der Waals surface area contributed by atoms with Crippen molar-refractivity contribution in [2.45, 2.75) is 25.9 Å². The lowest BCUT2D eigenvalue weighted by Crippen LogP contribution is -2.40. The van der Waals surface area contributed by atoms with E-state index in [0.29, 0.717) is 12.2 Å². The molecule has 0 aliphatic rings. The Kier molecular flexibility index (Phi) is 5.18. The number of carbonyl (C=O) groups is 1. The number of rotatable bonds is 6. The first kappa shape index (κ1) is 16.8. The third-order valence-electron chi connectivity index (χ3n) is 2.98. The van der Waals surface area contributed by atoms with Crippen LogP contribution >= 0.6 is 0 Å². The molecule has 2 rings (SSSR count). The number of nitrogens with one attached hydrogen (secondary N) is 1. The van der Waals surface area contributed by atoms with Crippen molar-refractivity contribution >= 4 is 11.6 Å². The van der Waals surface area contributed by atoms with Crippen molar-refractivity contribution in [1.29, 1.82) is 0 Å². The molecular formula is C17H21N3O3. The maximum Gasteiger partial charge on any atom is 0.292 e. The summed E-state index contributed by atoms with van der Waals surface area (Å²) in [5.74, 6) is -0.204. The van der Waals surface area contributed by atoms with Gasteiger partial charge in [0.15, 0.2) is 12.4 Å². The molecule has 3 N–H and O–H groups in total. The second-order valence-corrected chi connectivity index (χ2v) is 6.00. The van der Waals surface area contributed by atoms with E-state index in [0.717, 1.165) is 0 Å². The lowest BCUT2D eigenvalue weighted by molar-refractivity contribution is -0.118. The maximum atomic E-state index is 12.3. The van der Waals surface area contributed by atoms with Crippen LogP contribution in [0.25, 0.3) is 0 Å². The van der Waals surface area contributed by atoms with E-state index in [2.05, 4.69) is 5.32 Å². The van der Waals surface area contributed by atoms with Gasteiger partial charge in [-0.1, -0.05) is 18.2 Å². The van der Waals surface area contributed by atoms with Crippen LogP contribution in [-0.2, 0) is 11.3 Å². The highest BCUT2D eigenvalue weighted by Crippen LogP contribution is 2.07. The summed E-state index contributed by atoms with van der Waals surface area (Å²) in [6.07, 6.45) is 1.65. The molecule has 0 aliphatic carbocycles. The van der Waals surface area contributed by atoms with Gasteiger partial charge in [-0.25, -0.2) is 0 Å². The molecule has 1 amide bonds. The molecule has 1 heterocycles. The predicted octanol–water partition coefficient (Wildman–Crippen LogP) is 1.60. The number of pyridine rings is 1. The molecule has 0 atom stereocenters. The largest absolute Gasteiger partial charge is 0.478 e. The van der Waals surface area contributed by atoms with Crippen LogP contribution in [0.4, 0.5) is 5.69 Å². The molecular weight excluding hydrogens is 294 g/mol. The summed E-state index contributed by atoms with van der Waals surface area (Å²) in [6, 6.07) is 12.3. The van der Waals surface area contributed by atoms with E-state index in [-0.39, 0.29) is 23.8 Å². The Bertz CT molecular complexity index is 718. The van der Waals surface area contributed by atoms with Gasteiger partial charge in [0.2, 0.25) is 0 Å². The van der Waals surface area contributed by atoms with Crippen molar-refractivity contribution in [3.63, 3.8) is 0 Å². The molecule has 6 nitrogen and oxygen atoms in total.